The fraction of sp³-hybridized carbons (Fsp3) is 1.00. The zero-order chi connectivity index (χ0) is 13.3. The van der Waals surface area contributed by atoms with E-state index in [-0.39, 0.29) is 23.0 Å². The molecule has 1 fully saturated rings. The zero-order valence-electron chi connectivity index (χ0n) is 12.2. The molecule has 2 radical (unpaired) electrons. The molecule has 98 valence electrons. The van der Waals surface area contributed by atoms with Crippen molar-refractivity contribution in [2.24, 2.45) is 10.8 Å². The molecule has 17 heavy (non-hydrogen) atoms. The van der Waals surface area contributed by atoms with Crippen LogP contribution in [0, 0.1) is 10.8 Å². The third-order valence-corrected chi connectivity index (χ3v) is 2.86. The normalized spacial score (nSPS) is 31.5. The second kappa shape index (κ2) is 5.32. The van der Waals surface area contributed by atoms with E-state index in [2.05, 4.69) is 41.5 Å². The topological polar surface area (TPSA) is 18.5 Å². The molecule has 2 unspecified atom stereocenters. The van der Waals surface area contributed by atoms with E-state index in [4.69, 9.17) is 17.3 Å². The van der Waals surface area contributed by atoms with Gasteiger partial charge in [-0.3, -0.25) is 0 Å². The molecule has 1 aliphatic rings. The average Bonchev–Trinajstić information content (AvgIpc) is 1.93. The van der Waals surface area contributed by atoms with Crippen LogP contribution in [-0.4, -0.2) is 26.2 Å². The number of hydrogen-bond acceptors (Lipinski definition) is 2. The Labute approximate surface area is 108 Å². The van der Waals surface area contributed by atoms with E-state index in [1.165, 1.54) is 0 Å². The molecule has 0 amide bonds. The molecule has 1 rings (SSSR count). The summed E-state index contributed by atoms with van der Waals surface area (Å²) in [6.45, 7) is 13.4. The summed E-state index contributed by atoms with van der Waals surface area (Å²) >= 11 is 0. The van der Waals surface area contributed by atoms with Crippen molar-refractivity contribution < 1.29 is 9.47 Å². The van der Waals surface area contributed by atoms with E-state index in [9.17, 15) is 0 Å². The van der Waals surface area contributed by atoms with Gasteiger partial charge in [-0.05, 0) is 30.1 Å². The molecular formula is C14H27BO2. The molecule has 0 aliphatic carbocycles. The first kappa shape index (κ1) is 15.0. The smallest absolute Gasteiger partial charge is 0.149 e. The maximum atomic E-state index is 5.81. The van der Waals surface area contributed by atoms with Gasteiger partial charge in [-0.25, -0.2) is 0 Å². The van der Waals surface area contributed by atoms with E-state index in [0.717, 1.165) is 19.3 Å². The van der Waals surface area contributed by atoms with Crippen LogP contribution in [0.25, 0.3) is 0 Å². The summed E-state index contributed by atoms with van der Waals surface area (Å²) in [4.78, 5) is 0. The van der Waals surface area contributed by atoms with Crippen LogP contribution < -0.4 is 0 Å². The standard InChI is InChI=1S/C14H27BO2/c1-13(2,3)8-10-7-11(9-14(4,5)6)17-12(15)16-10/h10-12H,7-9H2,1-6H3. The van der Waals surface area contributed by atoms with Gasteiger partial charge in [0.25, 0.3) is 0 Å². The minimum Gasteiger partial charge on any atom is -0.359 e. The van der Waals surface area contributed by atoms with Crippen LogP contribution in [0.1, 0.15) is 60.8 Å². The van der Waals surface area contributed by atoms with Crippen molar-refractivity contribution in [3.05, 3.63) is 0 Å². The van der Waals surface area contributed by atoms with Gasteiger partial charge in [0.15, 0.2) is 0 Å². The van der Waals surface area contributed by atoms with Gasteiger partial charge in [-0.1, -0.05) is 41.5 Å². The second-order valence-corrected chi connectivity index (χ2v) is 7.65. The van der Waals surface area contributed by atoms with Crippen LogP contribution in [0.5, 0.6) is 0 Å². The Balaban J connectivity index is 2.53. The van der Waals surface area contributed by atoms with Crippen molar-refractivity contribution >= 4 is 7.85 Å². The van der Waals surface area contributed by atoms with Crippen LogP contribution in [0.15, 0.2) is 0 Å². The molecule has 1 aliphatic heterocycles. The Kier molecular flexibility index (Phi) is 4.70. The first-order valence-electron chi connectivity index (χ1n) is 6.62. The van der Waals surface area contributed by atoms with E-state index in [0.29, 0.717) is 0 Å². The van der Waals surface area contributed by atoms with Crippen molar-refractivity contribution in [3.63, 3.8) is 0 Å². The van der Waals surface area contributed by atoms with Gasteiger partial charge in [-0.15, -0.1) is 0 Å². The third kappa shape index (κ3) is 6.47. The van der Waals surface area contributed by atoms with Crippen molar-refractivity contribution in [3.8, 4) is 0 Å². The highest BCUT2D eigenvalue weighted by atomic mass is 16.7. The summed E-state index contributed by atoms with van der Waals surface area (Å²) in [5, 5.41) is 0. The lowest BCUT2D eigenvalue weighted by molar-refractivity contribution is -0.213. The fourth-order valence-electron chi connectivity index (χ4n) is 2.44. The minimum absolute atomic E-state index is 0.228. The molecule has 0 aromatic rings. The van der Waals surface area contributed by atoms with Gasteiger partial charge in [0.2, 0.25) is 0 Å². The van der Waals surface area contributed by atoms with Crippen molar-refractivity contribution in [1.82, 2.24) is 0 Å². The van der Waals surface area contributed by atoms with Gasteiger partial charge in [-0.2, -0.15) is 0 Å². The Bertz CT molecular complexity index is 216. The van der Waals surface area contributed by atoms with Gasteiger partial charge < -0.3 is 9.47 Å². The molecule has 1 heterocycles. The Hall–Kier alpha value is -0.0151. The molecular weight excluding hydrogens is 211 g/mol. The maximum absolute atomic E-state index is 5.81. The quantitative estimate of drug-likeness (QED) is 0.685. The molecule has 0 aromatic heterocycles. The molecule has 0 saturated carbocycles. The maximum Gasteiger partial charge on any atom is 0.149 e. The van der Waals surface area contributed by atoms with Crippen LogP contribution in [-0.2, 0) is 9.47 Å². The van der Waals surface area contributed by atoms with Crippen LogP contribution >= 0.6 is 0 Å². The highest BCUT2D eigenvalue weighted by molar-refractivity contribution is 6.10. The third-order valence-electron chi connectivity index (χ3n) is 2.86. The Morgan fingerprint density at radius 2 is 1.24 bits per heavy atom. The molecule has 0 spiro atoms. The highest BCUT2D eigenvalue weighted by Crippen LogP contribution is 2.33. The monoisotopic (exact) mass is 238 g/mol. The molecule has 2 nitrogen and oxygen atoms in total. The SMILES string of the molecule is [B]C1OC(CC(C)(C)C)CC(CC(C)(C)C)O1. The first-order valence-corrected chi connectivity index (χ1v) is 6.62. The predicted octanol–water partition coefficient (Wildman–Crippen LogP) is 3.49. The number of hydrogen-bond donors (Lipinski definition) is 0. The molecule has 0 aromatic carbocycles. The van der Waals surface area contributed by atoms with Crippen LogP contribution in [0.2, 0.25) is 0 Å². The molecule has 1 saturated heterocycles. The van der Waals surface area contributed by atoms with Crippen molar-refractivity contribution in [2.75, 3.05) is 0 Å². The van der Waals surface area contributed by atoms with Gasteiger partial charge in [0.1, 0.15) is 14.0 Å². The lowest BCUT2D eigenvalue weighted by Gasteiger charge is -2.39. The Morgan fingerprint density at radius 3 is 1.53 bits per heavy atom. The number of ether oxygens (including phenoxy) is 2. The van der Waals surface area contributed by atoms with E-state index in [1.54, 1.807) is 0 Å². The predicted molar refractivity (Wildman–Crippen MR) is 72.0 cm³/mol. The van der Waals surface area contributed by atoms with E-state index in [1.807, 2.05) is 0 Å². The van der Waals surface area contributed by atoms with E-state index >= 15 is 0 Å². The number of rotatable bonds is 2. The van der Waals surface area contributed by atoms with E-state index < -0.39 is 6.19 Å². The van der Waals surface area contributed by atoms with Crippen LogP contribution in [0.3, 0.4) is 0 Å². The van der Waals surface area contributed by atoms with Crippen LogP contribution in [0.4, 0.5) is 0 Å². The lowest BCUT2D eigenvalue weighted by Crippen LogP contribution is -2.41. The molecule has 3 heteroatoms. The first-order chi connectivity index (χ1) is 7.55. The minimum atomic E-state index is -0.552. The Morgan fingerprint density at radius 1 is 0.882 bits per heavy atom. The summed E-state index contributed by atoms with van der Waals surface area (Å²) in [6.07, 6.45) is 2.93. The summed E-state index contributed by atoms with van der Waals surface area (Å²) in [5.74, 6) is 0. The average molecular weight is 238 g/mol. The second-order valence-electron chi connectivity index (χ2n) is 7.65. The summed E-state index contributed by atoms with van der Waals surface area (Å²) in [7, 11) is 5.81. The van der Waals surface area contributed by atoms with Gasteiger partial charge in [0, 0.05) is 0 Å². The fourth-order valence-corrected chi connectivity index (χ4v) is 2.44. The summed E-state index contributed by atoms with van der Waals surface area (Å²) in [6, 6.07) is 0. The lowest BCUT2D eigenvalue weighted by atomic mass is 9.83. The molecule has 2 atom stereocenters. The van der Waals surface area contributed by atoms with Gasteiger partial charge in [0.05, 0.1) is 12.2 Å². The highest BCUT2D eigenvalue weighted by Gasteiger charge is 2.32. The zero-order valence-corrected chi connectivity index (χ0v) is 12.2. The largest absolute Gasteiger partial charge is 0.359 e. The molecule has 0 bridgehead atoms. The van der Waals surface area contributed by atoms with Crippen molar-refractivity contribution in [2.45, 2.75) is 79.2 Å². The van der Waals surface area contributed by atoms with Crippen molar-refractivity contribution in [1.29, 1.82) is 0 Å². The molecule has 0 N–H and O–H groups in total. The summed E-state index contributed by atoms with van der Waals surface area (Å²) < 4.78 is 11.3. The van der Waals surface area contributed by atoms with Gasteiger partial charge >= 0.3 is 0 Å². The summed E-state index contributed by atoms with van der Waals surface area (Å²) in [5.41, 5.74) is 0.544.